The molecule has 1 aromatic carbocycles. The van der Waals surface area contributed by atoms with Gasteiger partial charge in [0.05, 0.1) is 12.5 Å². The van der Waals surface area contributed by atoms with Crippen molar-refractivity contribution in [2.24, 2.45) is 0 Å². The van der Waals surface area contributed by atoms with Crippen molar-refractivity contribution in [2.45, 2.75) is 6.42 Å². The number of phenols is 1. The van der Waals surface area contributed by atoms with Gasteiger partial charge in [0.2, 0.25) is 0 Å². The number of hydrogen-bond donors (Lipinski definition) is 2. The number of halogens is 1. The molecule has 0 radical (unpaired) electrons. The number of H-pyrrole nitrogens is 1. The molecule has 1 heterocycles. The minimum absolute atomic E-state index is 0.241. The first-order valence-corrected chi connectivity index (χ1v) is 4.08. The molecule has 0 fully saturated rings. The van der Waals surface area contributed by atoms with E-state index in [0.717, 1.165) is 5.56 Å². The van der Waals surface area contributed by atoms with Crippen molar-refractivity contribution in [1.82, 2.24) is 4.98 Å². The molecule has 0 saturated heterocycles. The number of nitrogens with zero attached hydrogens (tertiary/aromatic N) is 1. The largest absolute Gasteiger partial charge is 0.505 e. The number of benzene rings is 1. The molecule has 0 amide bonds. The highest BCUT2D eigenvalue weighted by Gasteiger charge is 2.07. The van der Waals surface area contributed by atoms with Gasteiger partial charge in [0, 0.05) is 23.2 Å². The Bertz CT molecular complexity index is 525. The lowest BCUT2D eigenvalue weighted by Crippen LogP contribution is -1.80. The van der Waals surface area contributed by atoms with Gasteiger partial charge in [-0.2, -0.15) is 5.26 Å². The Balaban J connectivity index is 2.69. The van der Waals surface area contributed by atoms with Crippen LogP contribution < -0.4 is 0 Å². The standard InChI is InChI=1S/C10H7FN2O/c11-8-4-9-7(3-10(8)14)6(1-2-12)5-13-9/h3-5,13-14H,1H2. The number of hydrogen-bond acceptors (Lipinski definition) is 2. The van der Waals surface area contributed by atoms with Gasteiger partial charge < -0.3 is 10.1 Å². The quantitative estimate of drug-likeness (QED) is 0.723. The van der Waals surface area contributed by atoms with Gasteiger partial charge in [-0.25, -0.2) is 4.39 Å². The van der Waals surface area contributed by atoms with Crippen molar-refractivity contribution in [2.75, 3.05) is 0 Å². The molecule has 14 heavy (non-hydrogen) atoms. The molecule has 70 valence electrons. The van der Waals surface area contributed by atoms with Crippen LogP contribution in [0.5, 0.6) is 5.75 Å². The third kappa shape index (κ3) is 1.19. The molecular formula is C10H7FN2O. The van der Waals surface area contributed by atoms with Crippen molar-refractivity contribution in [3.8, 4) is 11.8 Å². The predicted octanol–water partition coefficient (Wildman–Crippen LogP) is 2.08. The fourth-order valence-corrected chi connectivity index (χ4v) is 1.42. The average molecular weight is 190 g/mol. The van der Waals surface area contributed by atoms with E-state index in [1.54, 1.807) is 6.20 Å². The van der Waals surface area contributed by atoms with E-state index in [1.807, 2.05) is 6.07 Å². The maximum Gasteiger partial charge on any atom is 0.166 e. The highest BCUT2D eigenvalue weighted by molar-refractivity contribution is 5.84. The first kappa shape index (κ1) is 8.57. The van der Waals surface area contributed by atoms with Crippen LogP contribution in [-0.4, -0.2) is 10.1 Å². The highest BCUT2D eigenvalue weighted by atomic mass is 19.1. The van der Waals surface area contributed by atoms with Gasteiger partial charge in [-0.3, -0.25) is 0 Å². The third-order valence-electron chi connectivity index (χ3n) is 2.10. The molecule has 0 aliphatic rings. The number of aromatic nitrogens is 1. The lowest BCUT2D eigenvalue weighted by atomic mass is 10.1. The predicted molar refractivity (Wildman–Crippen MR) is 49.2 cm³/mol. The maximum atomic E-state index is 12.9. The molecule has 0 aliphatic carbocycles. The molecule has 4 heteroatoms. The first-order chi connectivity index (χ1) is 6.72. The highest BCUT2D eigenvalue weighted by Crippen LogP contribution is 2.25. The molecular weight excluding hydrogens is 183 g/mol. The van der Waals surface area contributed by atoms with Crippen LogP contribution in [0.3, 0.4) is 0 Å². The van der Waals surface area contributed by atoms with E-state index in [0.29, 0.717) is 10.9 Å². The summed E-state index contributed by atoms with van der Waals surface area (Å²) >= 11 is 0. The van der Waals surface area contributed by atoms with E-state index < -0.39 is 11.6 Å². The zero-order chi connectivity index (χ0) is 10.1. The summed E-state index contributed by atoms with van der Waals surface area (Å²) in [5.74, 6) is -1.06. The minimum Gasteiger partial charge on any atom is -0.505 e. The molecule has 0 atom stereocenters. The Morgan fingerprint density at radius 2 is 2.29 bits per heavy atom. The smallest absolute Gasteiger partial charge is 0.166 e. The van der Waals surface area contributed by atoms with Gasteiger partial charge in [0.25, 0.3) is 0 Å². The van der Waals surface area contributed by atoms with E-state index in [2.05, 4.69) is 4.98 Å². The van der Waals surface area contributed by atoms with Crippen molar-refractivity contribution >= 4 is 10.9 Å². The molecule has 0 aliphatic heterocycles. The summed E-state index contributed by atoms with van der Waals surface area (Å²) in [5, 5.41) is 18.4. The lowest BCUT2D eigenvalue weighted by molar-refractivity contribution is 0.433. The van der Waals surface area contributed by atoms with E-state index >= 15 is 0 Å². The van der Waals surface area contributed by atoms with Crippen LogP contribution in [0.4, 0.5) is 4.39 Å². The summed E-state index contributed by atoms with van der Waals surface area (Å²) in [4.78, 5) is 2.84. The van der Waals surface area contributed by atoms with Gasteiger partial charge in [-0.05, 0) is 11.6 Å². The summed E-state index contributed by atoms with van der Waals surface area (Å²) < 4.78 is 12.9. The number of nitrogens with one attached hydrogen (secondary N) is 1. The topological polar surface area (TPSA) is 59.8 Å². The zero-order valence-corrected chi connectivity index (χ0v) is 7.21. The van der Waals surface area contributed by atoms with E-state index in [4.69, 9.17) is 10.4 Å². The summed E-state index contributed by atoms with van der Waals surface area (Å²) in [5.41, 5.74) is 1.35. The van der Waals surface area contributed by atoms with Crippen LogP contribution in [0.25, 0.3) is 10.9 Å². The minimum atomic E-state index is -0.664. The molecule has 0 saturated carbocycles. The van der Waals surface area contributed by atoms with Gasteiger partial charge in [0.15, 0.2) is 11.6 Å². The summed E-state index contributed by atoms with van der Waals surface area (Å²) in [7, 11) is 0. The Labute approximate surface area is 79.4 Å². The van der Waals surface area contributed by atoms with Gasteiger partial charge >= 0.3 is 0 Å². The van der Waals surface area contributed by atoms with Crippen LogP contribution in [0.2, 0.25) is 0 Å². The summed E-state index contributed by atoms with van der Waals surface area (Å²) in [6, 6.07) is 4.54. The average Bonchev–Trinajstić information content (AvgIpc) is 2.51. The molecule has 0 unspecified atom stereocenters. The normalized spacial score (nSPS) is 10.3. The number of aromatic hydroxyl groups is 1. The molecule has 0 spiro atoms. The fourth-order valence-electron chi connectivity index (χ4n) is 1.42. The number of nitriles is 1. The SMILES string of the molecule is N#CCc1c[nH]c2cc(F)c(O)cc12. The molecule has 2 aromatic rings. The molecule has 0 bridgehead atoms. The van der Waals surface area contributed by atoms with E-state index in [9.17, 15) is 4.39 Å². The Morgan fingerprint density at radius 1 is 1.50 bits per heavy atom. The van der Waals surface area contributed by atoms with Crippen molar-refractivity contribution in [3.63, 3.8) is 0 Å². The van der Waals surface area contributed by atoms with Gasteiger partial charge in [-0.1, -0.05) is 0 Å². The lowest BCUT2D eigenvalue weighted by Gasteiger charge is -1.96. The van der Waals surface area contributed by atoms with Crippen LogP contribution in [-0.2, 0) is 6.42 Å². The van der Waals surface area contributed by atoms with E-state index in [1.165, 1.54) is 12.1 Å². The van der Waals surface area contributed by atoms with Crippen molar-refractivity contribution in [1.29, 1.82) is 5.26 Å². The number of rotatable bonds is 1. The monoisotopic (exact) mass is 190 g/mol. The molecule has 1 aromatic heterocycles. The number of phenolic OH excluding ortho intramolecular Hbond substituents is 1. The molecule has 3 nitrogen and oxygen atoms in total. The third-order valence-corrected chi connectivity index (χ3v) is 2.10. The zero-order valence-electron chi connectivity index (χ0n) is 7.21. The molecule has 2 rings (SSSR count). The van der Waals surface area contributed by atoms with Gasteiger partial charge in [0.1, 0.15) is 0 Å². The summed E-state index contributed by atoms with van der Waals surface area (Å²) in [6.07, 6.45) is 1.89. The van der Waals surface area contributed by atoms with Crippen molar-refractivity contribution in [3.05, 3.63) is 29.7 Å². The summed E-state index contributed by atoms with van der Waals surface area (Å²) in [6.45, 7) is 0. The number of aromatic amines is 1. The van der Waals surface area contributed by atoms with Gasteiger partial charge in [-0.15, -0.1) is 0 Å². The Hall–Kier alpha value is -2.02. The Morgan fingerprint density at radius 3 is 3.00 bits per heavy atom. The van der Waals surface area contributed by atoms with Crippen LogP contribution in [0, 0.1) is 17.1 Å². The number of fused-ring (bicyclic) bond motifs is 1. The Kier molecular flexibility index (Phi) is 1.86. The van der Waals surface area contributed by atoms with Crippen LogP contribution >= 0.6 is 0 Å². The second-order valence-electron chi connectivity index (χ2n) is 3.00. The van der Waals surface area contributed by atoms with E-state index in [-0.39, 0.29) is 6.42 Å². The second-order valence-corrected chi connectivity index (χ2v) is 3.00. The fraction of sp³-hybridized carbons (Fsp3) is 0.100. The second kappa shape index (κ2) is 3.04. The van der Waals surface area contributed by atoms with Crippen LogP contribution in [0.15, 0.2) is 18.3 Å². The molecule has 2 N–H and O–H groups in total. The first-order valence-electron chi connectivity index (χ1n) is 4.08. The maximum absolute atomic E-state index is 12.9. The van der Waals surface area contributed by atoms with Crippen LogP contribution in [0.1, 0.15) is 5.56 Å². The van der Waals surface area contributed by atoms with Crippen molar-refractivity contribution < 1.29 is 9.50 Å².